The van der Waals surface area contributed by atoms with Crippen LogP contribution in [0.15, 0.2) is 18.3 Å². The molecule has 1 aromatic heterocycles. The zero-order valence-corrected chi connectivity index (χ0v) is 22.7. The summed E-state index contributed by atoms with van der Waals surface area (Å²) in [5.41, 5.74) is -0.639. The number of aliphatic hydroxyl groups is 1. The van der Waals surface area contributed by atoms with Gasteiger partial charge in [0.15, 0.2) is 0 Å². The third-order valence-electron chi connectivity index (χ3n) is 6.15. The molecular weight excluding hydrogens is 481 g/mol. The van der Waals surface area contributed by atoms with Gasteiger partial charge < -0.3 is 24.2 Å². The normalized spacial score (nSPS) is 19.4. The molecule has 0 spiro atoms. The minimum Gasteiger partial charge on any atom is -0.480 e. The van der Waals surface area contributed by atoms with Crippen LogP contribution >= 0.6 is 0 Å². The molecule has 204 valence electrons. The van der Waals surface area contributed by atoms with Crippen molar-refractivity contribution in [2.75, 3.05) is 20.2 Å². The van der Waals surface area contributed by atoms with E-state index in [4.69, 9.17) is 14.2 Å². The van der Waals surface area contributed by atoms with Crippen molar-refractivity contribution in [3.8, 4) is 5.88 Å². The van der Waals surface area contributed by atoms with E-state index in [9.17, 15) is 19.1 Å². The molecule has 3 rings (SSSR count). The van der Waals surface area contributed by atoms with E-state index in [2.05, 4.69) is 9.97 Å². The zero-order chi connectivity index (χ0) is 27.5. The Morgan fingerprint density at radius 2 is 1.84 bits per heavy atom. The summed E-state index contributed by atoms with van der Waals surface area (Å²) in [7, 11) is 1.44. The number of carbonyl (C=O) groups is 2. The minimum atomic E-state index is -1.17. The Balaban J connectivity index is 1.79. The van der Waals surface area contributed by atoms with Crippen LogP contribution in [0.3, 0.4) is 0 Å². The molecule has 0 aliphatic carbocycles. The number of methoxy groups -OCH3 is 1. The summed E-state index contributed by atoms with van der Waals surface area (Å²) in [4.78, 5) is 35.9. The van der Waals surface area contributed by atoms with Gasteiger partial charge in [-0.3, -0.25) is 4.79 Å². The van der Waals surface area contributed by atoms with Gasteiger partial charge in [0.2, 0.25) is 5.88 Å². The Labute approximate surface area is 217 Å². The molecule has 0 saturated carbocycles. The topological polar surface area (TPSA) is 111 Å². The average molecular weight is 520 g/mol. The summed E-state index contributed by atoms with van der Waals surface area (Å²) in [6.07, 6.45) is 0.895. The third-order valence-corrected chi connectivity index (χ3v) is 6.15. The predicted molar refractivity (Wildman–Crippen MR) is 135 cm³/mol. The Morgan fingerprint density at radius 1 is 1.16 bits per heavy atom. The molecule has 1 N–H and O–H groups in total. The lowest BCUT2D eigenvalue weighted by Crippen LogP contribution is -2.49. The molecule has 2 heterocycles. The molecule has 0 bridgehead atoms. The first kappa shape index (κ1) is 28.6. The van der Waals surface area contributed by atoms with E-state index in [0.29, 0.717) is 24.9 Å². The summed E-state index contributed by atoms with van der Waals surface area (Å²) in [6.45, 7) is 11.3. The van der Waals surface area contributed by atoms with E-state index in [1.807, 2.05) is 0 Å². The highest BCUT2D eigenvalue weighted by atomic mass is 19.1. The zero-order valence-electron chi connectivity index (χ0n) is 22.7. The van der Waals surface area contributed by atoms with Crippen molar-refractivity contribution in [1.29, 1.82) is 0 Å². The average Bonchev–Trinajstić information content (AvgIpc) is 2.79. The van der Waals surface area contributed by atoms with Crippen LogP contribution in [0.5, 0.6) is 5.88 Å². The highest BCUT2D eigenvalue weighted by Gasteiger charge is 2.39. The number of rotatable bonds is 6. The Bertz CT molecular complexity index is 1130. The van der Waals surface area contributed by atoms with Crippen molar-refractivity contribution < 1.29 is 33.3 Å². The van der Waals surface area contributed by atoms with Crippen LogP contribution in [0, 0.1) is 17.7 Å². The van der Waals surface area contributed by atoms with Crippen LogP contribution in [0.25, 0.3) is 11.0 Å². The van der Waals surface area contributed by atoms with E-state index in [1.54, 1.807) is 41.5 Å². The number of aromatic nitrogens is 2. The summed E-state index contributed by atoms with van der Waals surface area (Å²) in [5.74, 6) is -1.57. The molecular formula is C27H38FN3O6. The highest BCUT2D eigenvalue weighted by Crippen LogP contribution is 2.35. The number of fused-ring (bicyclic) bond motifs is 1. The fourth-order valence-electron chi connectivity index (χ4n) is 4.47. The number of aliphatic hydroxyl groups excluding tert-OH is 1. The first-order valence-electron chi connectivity index (χ1n) is 12.6. The summed E-state index contributed by atoms with van der Waals surface area (Å²) >= 11 is 0. The van der Waals surface area contributed by atoms with Gasteiger partial charge in [-0.2, -0.15) is 0 Å². The van der Waals surface area contributed by atoms with Gasteiger partial charge in [-0.1, -0.05) is 0 Å². The van der Waals surface area contributed by atoms with Crippen molar-refractivity contribution in [3.05, 3.63) is 29.7 Å². The fourth-order valence-corrected chi connectivity index (χ4v) is 4.47. The first-order chi connectivity index (χ1) is 17.2. The Kier molecular flexibility index (Phi) is 8.62. The van der Waals surface area contributed by atoms with E-state index >= 15 is 0 Å². The van der Waals surface area contributed by atoms with Gasteiger partial charge in [0, 0.05) is 18.7 Å². The molecule has 1 aliphatic heterocycles. The van der Waals surface area contributed by atoms with Crippen molar-refractivity contribution in [1.82, 2.24) is 14.9 Å². The molecule has 1 amide bonds. The predicted octanol–water partition coefficient (Wildman–Crippen LogP) is 4.81. The molecule has 0 radical (unpaired) electrons. The SMILES string of the molecule is COc1cnc2ccc(F)c(C(O)CC[C@@H]3CCN(C(=O)OC(C)(C)C)C[C@@H]3C(=O)OC(C)(C)C)c2n1. The minimum absolute atomic E-state index is 0.0453. The molecule has 1 aromatic carbocycles. The second-order valence-electron chi connectivity index (χ2n) is 11.4. The van der Waals surface area contributed by atoms with E-state index in [-0.39, 0.29) is 35.8 Å². The lowest BCUT2D eigenvalue weighted by Gasteiger charge is -2.39. The van der Waals surface area contributed by atoms with Crippen LogP contribution in [0.2, 0.25) is 0 Å². The highest BCUT2D eigenvalue weighted by molar-refractivity contribution is 5.79. The first-order valence-corrected chi connectivity index (χ1v) is 12.6. The van der Waals surface area contributed by atoms with Crippen molar-refractivity contribution in [2.24, 2.45) is 11.8 Å². The van der Waals surface area contributed by atoms with Gasteiger partial charge in [0.1, 0.15) is 22.5 Å². The number of esters is 1. The van der Waals surface area contributed by atoms with Crippen LogP contribution in [-0.4, -0.2) is 63.4 Å². The number of hydrogen-bond donors (Lipinski definition) is 1. The van der Waals surface area contributed by atoms with Crippen LogP contribution in [-0.2, 0) is 14.3 Å². The maximum atomic E-state index is 14.8. The largest absolute Gasteiger partial charge is 0.480 e. The number of ether oxygens (including phenoxy) is 3. The number of carbonyl (C=O) groups excluding carboxylic acids is 2. The number of hydrogen-bond acceptors (Lipinski definition) is 8. The molecule has 37 heavy (non-hydrogen) atoms. The lowest BCUT2D eigenvalue weighted by atomic mass is 9.81. The van der Waals surface area contributed by atoms with Gasteiger partial charge in [-0.15, -0.1) is 0 Å². The summed E-state index contributed by atoms with van der Waals surface area (Å²) in [5, 5.41) is 11.0. The summed E-state index contributed by atoms with van der Waals surface area (Å²) < 4.78 is 31.1. The summed E-state index contributed by atoms with van der Waals surface area (Å²) in [6, 6.07) is 2.75. The standard InChI is InChI=1S/C27H38FN3O6/c1-26(2,3)36-24(33)17-15-31(25(34)37-27(4,5)6)13-12-16(17)8-11-20(32)22-18(28)9-10-19-23(22)30-21(35-7)14-29-19/h9-10,14,16-17,20,32H,8,11-13,15H2,1-7H3/t16-,17+,20?/m1/s1. The van der Waals surface area contributed by atoms with Crippen molar-refractivity contribution in [3.63, 3.8) is 0 Å². The number of nitrogens with zero attached hydrogens (tertiary/aromatic N) is 3. The Hall–Kier alpha value is -3.01. The quantitative estimate of drug-likeness (QED) is 0.542. The maximum absolute atomic E-state index is 14.8. The van der Waals surface area contributed by atoms with Crippen molar-refractivity contribution >= 4 is 23.1 Å². The Morgan fingerprint density at radius 3 is 2.46 bits per heavy atom. The number of piperidine rings is 1. The van der Waals surface area contributed by atoms with Crippen LogP contribution in [0.1, 0.15) is 72.5 Å². The molecule has 10 heteroatoms. The van der Waals surface area contributed by atoms with Gasteiger partial charge in [-0.25, -0.2) is 19.2 Å². The third kappa shape index (κ3) is 7.50. The molecule has 3 atom stereocenters. The van der Waals surface area contributed by atoms with Crippen LogP contribution in [0.4, 0.5) is 9.18 Å². The maximum Gasteiger partial charge on any atom is 0.410 e. The smallest absolute Gasteiger partial charge is 0.410 e. The molecule has 1 unspecified atom stereocenters. The van der Waals surface area contributed by atoms with Gasteiger partial charge in [0.25, 0.3) is 0 Å². The monoisotopic (exact) mass is 519 g/mol. The molecule has 1 saturated heterocycles. The number of amides is 1. The fraction of sp³-hybridized carbons (Fsp3) is 0.630. The number of halogens is 1. The molecule has 9 nitrogen and oxygen atoms in total. The van der Waals surface area contributed by atoms with Crippen molar-refractivity contribution in [2.45, 2.75) is 78.1 Å². The van der Waals surface area contributed by atoms with E-state index in [0.717, 1.165) is 0 Å². The van der Waals surface area contributed by atoms with E-state index < -0.39 is 41.1 Å². The second kappa shape index (κ2) is 11.2. The van der Waals surface area contributed by atoms with Gasteiger partial charge >= 0.3 is 12.1 Å². The number of benzene rings is 1. The molecule has 1 fully saturated rings. The molecule has 2 aromatic rings. The molecule has 1 aliphatic rings. The lowest BCUT2D eigenvalue weighted by molar-refractivity contribution is -0.164. The van der Waals surface area contributed by atoms with Crippen LogP contribution < -0.4 is 4.74 Å². The van der Waals surface area contributed by atoms with Gasteiger partial charge in [0.05, 0.1) is 30.8 Å². The number of likely N-dealkylation sites (tertiary alicyclic amines) is 1. The van der Waals surface area contributed by atoms with E-state index in [1.165, 1.54) is 30.3 Å². The second-order valence-corrected chi connectivity index (χ2v) is 11.4. The van der Waals surface area contributed by atoms with Gasteiger partial charge in [-0.05, 0) is 78.9 Å².